The van der Waals surface area contributed by atoms with E-state index in [4.69, 9.17) is 5.73 Å². The quantitative estimate of drug-likeness (QED) is 0.367. The van der Waals surface area contributed by atoms with Crippen molar-refractivity contribution in [2.45, 2.75) is 19.4 Å². The molecule has 0 saturated carbocycles. The van der Waals surface area contributed by atoms with Crippen LogP contribution in [0.3, 0.4) is 0 Å². The van der Waals surface area contributed by atoms with Gasteiger partial charge in [-0.1, -0.05) is 11.3 Å². The van der Waals surface area contributed by atoms with Gasteiger partial charge in [0, 0.05) is 42.3 Å². The summed E-state index contributed by atoms with van der Waals surface area (Å²) in [6, 6.07) is 12.7. The first-order valence-corrected chi connectivity index (χ1v) is 12.4. The monoisotopic (exact) mass is 520 g/mol. The van der Waals surface area contributed by atoms with Crippen LogP contribution in [0.2, 0.25) is 0 Å². The highest BCUT2D eigenvalue weighted by Gasteiger charge is 2.26. The number of hydrogen-bond donors (Lipinski definition) is 2. The van der Waals surface area contributed by atoms with Crippen molar-refractivity contribution >= 4 is 44.7 Å². The van der Waals surface area contributed by atoms with Crippen molar-refractivity contribution in [2.24, 2.45) is 5.73 Å². The predicted octanol–water partition coefficient (Wildman–Crippen LogP) is 4.44. The molecule has 0 bridgehead atoms. The van der Waals surface area contributed by atoms with Gasteiger partial charge >= 0.3 is 5.97 Å². The summed E-state index contributed by atoms with van der Waals surface area (Å²) >= 11 is 1.15. The van der Waals surface area contributed by atoms with E-state index in [2.05, 4.69) is 16.0 Å². The number of carboxylic acid groups (broad SMARTS) is 1. The van der Waals surface area contributed by atoms with Crippen LogP contribution in [0.4, 0.5) is 25.3 Å². The van der Waals surface area contributed by atoms with Gasteiger partial charge in [-0.2, -0.15) is 5.26 Å². The molecular formula is C26H22F2N6O2S. The first-order valence-electron chi connectivity index (χ1n) is 11.6. The zero-order chi connectivity index (χ0) is 26.3. The van der Waals surface area contributed by atoms with Crippen LogP contribution in [0.1, 0.15) is 17.5 Å². The lowest BCUT2D eigenvalue weighted by atomic mass is 10.0. The van der Waals surface area contributed by atoms with Gasteiger partial charge in [0.15, 0.2) is 10.9 Å². The first kappa shape index (κ1) is 24.5. The smallest absolute Gasteiger partial charge is 0.309 e. The molecule has 1 aliphatic rings. The summed E-state index contributed by atoms with van der Waals surface area (Å²) in [4.78, 5) is 24.6. The second kappa shape index (κ2) is 9.72. The minimum absolute atomic E-state index is 0.0195. The highest BCUT2D eigenvalue weighted by atomic mass is 32.1. The maximum Gasteiger partial charge on any atom is 0.309 e. The molecule has 8 nitrogen and oxygen atoms in total. The summed E-state index contributed by atoms with van der Waals surface area (Å²) in [5.74, 6) is -2.06. The number of hydrogen-bond acceptors (Lipinski definition) is 8. The summed E-state index contributed by atoms with van der Waals surface area (Å²) in [6.07, 6.45) is -0.384. The number of nitrogens with two attached hydrogens (primary N) is 1. The average Bonchev–Trinajstić information content (AvgIpc) is 3.27. The second-order valence-electron chi connectivity index (χ2n) is 8.73. The molecule has 5 rings (SSSR count). The molecule has 1 saturated heterocycles. The van der Waals surface area contributed by atoms with Gasteiger partial charge in [0.2, 0.25) is 0 Å². The van der Waals surface area contributed by atoms with Crippen molar-refractivity contribution in [1.29, 1.82) is 5.26 Å². The van der Waals surface area contributed by atoms with E-state index in [0.717, 1.165) is 11.3 Å². The van der Waals surface area contributed by atoms with Crippen LogP contribution >= 0.6 is 11.3 Å². The number of carboxylic acids is 1. The van der Waals surface area contributed by atoms with Crippen molar-refractivity contribution in [1.82, 2.24) is 9.97 Å². The van der Waals surface area contributed by atoms with Gasteiger partial charge in [0.1, 0.15) is 28.0 Å². The van der Waals surface area contributed by atoms with E-state index < -0.39 is 17.6 Å². The van der Waals surface area contributed by atoms with E-state index in [-0.39, 0.29) is 23.7 Å². The molecule has 2 aromatic carbocycles. The lowest BCUT2D eigenvalue weighted by Gasteiger charge is -2.39. The van der Waals surface area contributed by atoms with Crippen molar-refractivity contribution in [3.8, 4) is 17.3 Å². The third-order valence-electron chi connectivity index (χ3n) is 6.16. The standard InChI is InChI=1S/C26H22F2N6O2S/c1-2-34(26-32-24(22(11-29)37-26)14-3-5-15(27)6-4-14)21-7-17(8-23(35)36)31-25-19(21)9-18(10-20(25)28)33-12-16(30)13-33/h3-7,9-10,16H,2,8,12-13,30H2,1H3,(H,35,36). The molecule has 0 atom stereocenters. The summed E-state index contributed by atoms with van der Waals surface area (Å²) in [5.41, 5.74) is 8.34. The summed E-state index contributed by atoms with van der Waals surface area (Å²) in [7, 11) is 0. The number of anilines is 3. The van der Waals surface area contributed by atoms with E-state index in [1.54, 1.807) is 23.1 Å². The molecule has 0 amide bonds. The van der Waals surface area contributed by atoms with Crippen LogP contribution in [-0.4, -0.2) is 46.7 Å². The topological polar surface area (TPSA) is 119 Å². The second-order valence-corrected chi connectivity index (χ2v) is 9.71. The molecule has 4 aromatic rings. The summed E-state index contributed by atoms with van der Waals surface area (Å²) in [6.45, 7) is 3.47. The highest BCUT2D eigenvalue weighted by Crippen LogP contribution is 2.40. The Morgan fingerprint density at radius 1 is 1.24 bits per heavy atom. The Morgan fingerprint density at radius 2 is 1.97 bits per heavy atom. The summed E-state index contributed by atoms with van der Waals surface area (Å²) < 4.78 is 28.8. The average molecular weight is 521 g/mol. The maximum absolute atomic E-state index is 15.3. The number of nitriles is 1. The summed E-state index contributed by atoms with van der Waals surface area (Å²) in [5, 5.41) is 20.1. The lowest BCUT2D eigenvalue weighted by Crippen LogP contribution is -2.55. The number of benzene rings is 2. The third kappa shape index (κ3) is 4.69. The highest BCUT2D eigenvalue weighted by molar-refractivity contribution is 7.16. The van der Waals surface area contributed by atoms with E-state index in [9.17, 15) is 19.6 Å². The molecule has 37 heavy (non-hydrogen) atoms. The first-order chi connectivity index (χ1) is 17.8. The number of fused-ring (bicyclic) bond motifs is 1. The van der Waals surface area contributed by atoms with E-state index in [1.807, 2.05) is 17.9 Å². The van der Waals surface area contributed by atoms with Gasteiger partial charge in [0.05, 0.1) is 17.8 Å². The Kier molecular flexibility index (Phi) is 6.45. The number of thiazole rings is 1. The van der Waals surface area contributed by atoms with E-state index in [1.165, 1.54) is 18.2 Å². The molecule has 0 aliphatic carbocycles. The third-order valence-corrected chi connectivity index (χ3v) is 7.15. The Bertz CT molecular complexity index is 1540. The Hall–Kier alpha value is -4.14. The van der Waals surface area contributed by atoms with E-state index in [0.29, 0.717) is 57.7 Å². The van der Waals surface area contributed by atoms with Gasteiger partial charge < -0.3 is 20.6 Å². The van der Waals surface area contributed by atoms with Crippen molar-refractivity contribution < 1.29 is 18.7 Å². The number of aliphatic carboxylic acids is 1. The van der Waals surface area contributed by atoms with Crippen LogP contribution in [0.5, 0.6) is 0 Å². The zero-order valence-corrected chi connectivity index (χ0v) is 20.6. The fourth-order valence-corrected chi connectivity index (χ4v) is 5.36. The number of aromatic nitrogens is 2. The fourth-order valence-electron chi connectivity index (χ4n) is 4.39. The number of halogens is 2. The number of carbonyl (C=O) groups is 1. The minimum atomic E-state index is -1.09. The van der Waals surface area contributed by atoms with Crippen molar-refractivity contribution in [3.05, 3.63) is 64.7 Å². The molecule has 0 radical (unpaired) electrons. The Morgan fingerprint density at radius 3 is 2.59 bits per heavy atom. The zero-order valence-electron chi connectivity index (χ0n) is 19.8. The largest absolute Gasteiger partial charge is 0.481 e. The molecule has 1 fully saturated rings. The number of nitrogens with zero attached hydrogens (tertiary/aromatic N) is 5. The van der Waals surface area contributed by atoms with Crippen LogP contribution in [-0.2, 0) is 11.2 Å². The molecule has 2 aromatic heterocycles. The van der Waals surface area contributed by atoms with Gasteiger partial charge in [-0.05, 0) is 49.4 Å². The van der Waals surface area contributed by atoms with Crippen LogP contribution in [0.25, 0.3) is 22.2 Å². The SMILES string of the molecule is CCN(c1nc(-c2ccc(F)cc2)c(C#N)s1)c1cc(CC(=O)O)nc2c(F)cc(N3CC(N)C3)cc12. The van der Waals surface area contributed by atoms with Crippen molar-refractivity contribution in [3.63, 3.8) is 0 Å². The van der Waals surface area contributed by atoms with Gasteiger partial charge in [-0.25, -0.2) is 18.7 Å². The predicted molar refractivity (Wildman–Crippen MR) is 138 cm³/mol. The minimum Gasteiger partial charge on any atom is -0.481 e. The molecule has 1 aliphatic heterocycles. The van der Waals surface area contributed by atoms with E-state index >= 15 is 4.39 Å². The molecule has 0 unspecified atom stereocenters. The fraction of sp³-hybridized carbons (Fsp3) is 0.231. The van der Waals surface area contributed by atoms with Crippen LogP contribution < -0.4 is 15.5 Å². The molecule has 11 heteroatoms. The lowest BCUT2D eigenvalue weighted by molar-refractivity contribution is -0.136. The Balaban J connectivity index is 1.68. The Labute approximate surface area is 215 Å². The van der Waals surface area contributed by atoms with Crippen LogP contribution in [0, 0.1) is 23.0 Å². The van der Waals surface area contributed by atoms with Crippen molar-refractivity contribution in [2.75, 3.05) is 29.4 Å². The van der Waals surface area contributed by atoms with Gasteiger partial charge in [-0.15, -0.1) is 0 Å². The molecule has 0 spiro atoms. The maximum atomic E-state index is 15.3. The molecule has 3 N–H and O–H groups in total. The number of rotatable bonds is 7. The number of pyridine rings is 1. The van der Waals surface area contributed by atoms with Gasteiger partial charge in [-0.3, -0.25) is 4.79 Å². The normalized spacial score (nSPS) is 13.4. The van der Waals surface area contributed by atoms with Gasteiger partial charge in [0.25, 0.3) is 0 Å². The molecule has 3 heterocycles. The molecule has 188 valence electrons. The van der Waals surface area contributed by atoms with Crippen LogP contribution in [0.15, 0.2) is 42.5 Å². The molecular weight excluding hydrogens is 498 g/mol.